The van der Waals surface area contributed by atoms with Crippen LogP contribution in [-0.4, -0.2) is 42.0 Å². The van der Waals surface area contributed by atoms with Gasteiger partial charge in [-0.2, -0.15) is 0 Å². The molecule has 3 N–H and O–H groups in total. The fourth-order valence-corrected chi connectivity index (χ4v) is 1.34. The van der Waals surface area contributed by atoms with Crippen molar-refractivity contribution in [2.45, 2.75) is 24.4 Å². The summed E-state index contributed by atoms with van der Waals surface area (Å²) in [5.74, 6) is -0.628. The van der Waals surface area contributed by atoms with Crippen LogP contribution in [0.25, 0.3) is 0 Å². The lowest BCUT2D eigenvalue weighted by atomic mass is 9.84. The smallest absolute Gasteiger partial charge is 0.0844 e. The third-order valence-electron chi connectivity index (χ3n) is 2.08. The maximum absolute atomic E-state index is 9.14. The van der Waals surface area contributed by atoms with E-state index in [0.29, 0.717) is 6.42 Å². The molecule has 1 rings (SSSR count). The first-order valence-corrected chi connectivity index (χ1v) is 3.39. The summed E-state index contributed by atoms with van der Waals surface area (Å²) >= 11 is 0. The van der Waals surface area contributed by atoms with Crippen LogP contribution in [0.15, 0.2) is 0 Å². The van der Waals surface area contributed by atoms with Gasteiger partial charge in [0.1, 0.15) is 0 Å². The second kappa shape index (κ2) is 2.90. The summed E-state index contributed by atoms with van der Waals surface area (Å²) in [5, 5.41) is 26.9. The topological polar surface area (TPSA) is 60.7 Å². The van der Waals surface area contributed by atoms with E-state index in [1.165, 1.54) is 0 Å². The highest BCUT2D eigenvalue weighted by Crippen LogP contribution is 2.33. The number of hydrogen-bond donors (Lipinski definition) is 3. The van der Waals surface area contributed by atoms with Gasteiger partial charge in [-0.15, -0.1) is 0 Å². The Balaban J connectivity index is 2.53. The number of hydrogen-bond acceptors (Lipinski definition) is 3. The van der Waals surface area contributed by atoms with E-state index in [2.05, 4.69) is 0 Å². The molecule has 2 radical (unpaired) electrons. The van der Waals surface area contributed by atoms with Crippen LogP contribution in [0.3, 0.4) is 0 Å². The lowest BCUT2D eigenvalue weighted by Crippen LogP contribution is -2.28. The average Bonchev–Trinajstić information content (AvgIpc) is 2.17. The van der Waals surface area contributed by atoms with Crippen molar-refractivity contribution >= 4 is 7.85 Å². The molecule has 3 nitrogen and oxygen atoms in total. The Hall–Kier alpha value is -0.0551. The summed E-state index contributed by atoms with van der Waals surface area (Å²) in [7, 11) is 5.41. The largest absolute Gasteiger partial charge is 0.396 e. The molecule has 1 aliphatic rings. The van der Waals surface area contributed by atoms with E-state index in [0.717, 1.165) is 0 Å². The van der Waals surface area contributed by atoms with Crippen LogP contribution in [0.1, 0.15) is 6.42 Å². The van der Waals surface area contributed by atoms with E-state index in [-0.39, 0.29) is 18.3 Å². The molecular weight excluding hydrogens is 131 g/mol. The van der Waals surface area contributed by atoms with Crippen LogP contribution in [0.2, 0.25) is 5.82 Å². The SMILES string of the molecule is [B][C@@H]1C[C@H](CO)C(O)[C@@H]1O. The monoisotopic (exact) mass is 142 g/mol. The predicted molar refractivity (Wildman–Crippen MR) is 36.7 cm³/mol. The molecule has 0 amide bonds. The molecule has 4 heteroatoms. The summed E-state index contributed by atoms with van der Waals surface area (Å²) in [4.78, 5) is 0. The molecule has 0 heterocycles. The molecule has 1 aliphatic carbocycles. The maximum atomic E-state index is 9.14. The second-order valence-corrected chi connectivity index (χ2v) is 2.82. The molecule has 4 atom stereocenters. The van der Waals surface area contributed by atoms with Gasteiger partial charge >= 0.3 is 0 Å². The zero-order valence-corrected chi connectivity index (χ0v) is 5.64. The van der Waals surface area contributed by atoms with Gasteiger partial charge in [-0.3, -0.25) is 0 Å². The molecule has 0 saturated heterocycles. The minimum atomic E-state index is -0.864. The molecule has 56 valence electrons. The predicted octanol–water partition coefficient (Wildman–Crippen LogP) is -1.32. The van der Waals surface area contributed by atoms with Crippen molar-refractivity contribution in [2.24, 2.45) is 5.92 Å². The van der Waals surface area contributed by atoms with E-state index in [9.17, 15) is 0 Å². The fourth-order valence-electron chi connectivity index (χ4n) is 1.34. The van der Waals surface area contributed by atoms with Crippen molar-refractivity contribution in [3.8, 4) is 0 Å². The Morgan fingerprint density at radius 2 is 1.90 bits per heavy atom. The van der Waals surface area contributed by atoms with E-state index < -0.39 is 12.2 Å². The molecule has 1 saturated carbocycles. The molecule has 0 aliphatic heterocycles. The summed E-state index contributed by atoms with van der Waals surface area (Å²) in [6, 6.07) is 0. The van der Waals surface area contributed by atoms with Crippen molar-refractivity contribution in [1.29, 1.82) is 0 Å². The van der Waals surface area contributed by atoms with Crippen molar-refractivity contribution in [3.05, 3.63) is 0 Å². The molecule has 0 aromatic carbocycles. The molecule has 0 aromatic rings. The standard InChI is InChI=1S/C6H11BO3/c7-4-1-3(2-8)5(9)6(4)10/h3-6,8-10H,1-2H2/t3-,4-,5?,6-/m1/s1. The zero-order valence-electron chi connectivity index (χ0n) is 5.64. The molecule has 1 unspecified atom stereocenters. The maximum Gasteiger partial charge on any atom is 0.0844 e. The Morgan fingerprint density at radius 3 is 2.10 bits per heavy atom. The van der Waals surface area contributed by atoms with Gasteiger partial charge < -0.3 is 15.3 Å². The molecule has 1 fully saturated rings. The lowest BCUT2D eigenvalue weighted by Gasteiger charge is -2.13. The third-order valence-corrected chi connectivity index (χ3v) is 2.08. The number of aliphatic hydroxyl groups is 3. The highest BCUT2D eigenvalue weighted by atomic mass is 16.3. The Labute approximate surface area is 61.1 Å². The van der Waals surface area contributed by atoms with E-state index in [1.807, 2.05) is 0 Å². The van der Waals surface area contributed by atoms with Crippen LogP contribution in [0.5, 0.6) is 0 Å². The van der Waals surface area contributed by atoms with Crippen LogP contribution in [0.4, 0.5) is 0 Å². The molecule has 0 spiro atoms. The van der Waals surface area contributed by atoms with Crippen molar-refractivity contribution in [1.82, 2.24) is 0 Å². The van der Waals surface area contributed by atoms with Crippen LogP contribution in [-0.2, 0) is 0 Å². The van der Waals surface area contributed by atoms with E-state index >= 15 is 0 Å². The van der Waals surface area contributed by atoms with Crippen molar-refractivity contribution in [3.63, 3.8) is 0 Å². The van der Waals surface area contributed by atoms with Gasteiger partial charge in [0.2, 0.25) is 0 Å². The first-order chi connectivity index (χ1) is 4.66. The second-order valence-electron chi connectivity index (χ2n) is 2.82. The fraction of sp³-hybridized carbons (Fsp3) is 1.00. The minimum Gasteiger partial charge on any atom is -0.396 e. The van der Waals surface area contributed by atoms with Crippen LogP contribution >= 0.6 is 0 Å². The van der Waals surface area contributed by atoms with Gasteiger partial charge in [-0.05, 0) is 12.2 Å². The lowest BCUT2D eigenvalue weighted by molar-refractivity contribution is 0.00707. The van der Waals surface area contributed by atoms with Crippen molar-refractivity contribution < 1.29 is 15.3 Å². The first kappa shape index (κ1) is 8.05. The Morgan fingerprint density at radius 1 is 1.30 bits per heavy atom. The molecule has 10 heavy (non-hydrogen) atoms. The minimum absolute atomic E-state index is 0.105. The Bertz CT molecular complexity index is 120. The van der Waals surface area contributed by atoms with Gasteiger partial charge in [0.05, 0.1) is 20.1 Å². The normalized spacial score (nSPS) is 47.9. The Kier molecular flexibility index (Phi) is 2.34. The van der Waals surface area contributed by atoms with Crippen LogP contribution < -0.4 is 0 Å². The highest BCUT2D eigenvalue weighted by Gasteiger charge is 2.37. The summed E-state index contributed by atoms with van der Waals surface area (Å²) in [5.41, 5.74) is 0. The van der Waals surface area contributed by atoms with Gasteiger partial charge in [-0.25, -0.2) is 0 Å². The van der Waals surface area contributed by atoms with Crippen LogP contribution in [0, 0.1) is 5.92 Å². The molecular formula is C6H11BO3. The zero-order chi connectivity index (χ0) is 7.72. The molecule has 0 aromatic heterocycles. The quantitative estimate of drug-likeness (QED) is 0.398. The van der Waals surface area contributed by atoms with Gasteiger partial charge in [-0.1, -0.05) is 0 Å². The number of rotatable bonds is 1. The van der Waals surface area contributed by atoms with Crippen molar-refractivity contribution in [2.75, 3.05) is 6.61 Å². The highest BCUT2D eigenvalue weighted by molar-refractivity contribution is 6.12. The van der Waals surface area contributed by atoms with Gasteiger partial charge in [0, 0.05) is 12.5 Å². The first-order valence-electron chi connectivity index (χ1n) is 3.39. The van der Waals surface area contributed by atoms with E-state index in [4.69, 9.17) is 23.2 Å². The summed E-state index contributed by atoms with van der Waals surface area (Å²) in [6.45, 7) is -0.105. The average molecular weight is 142 g/mol. The van der Waals surface area contributed by atoms with Gasteiger partial charge in [0.25, 0.3) is 0 Å². The van der Waals surface area contributed by atoms with E-state index in [1.54, 1.807) is 0 Å². The molecule has 0 bridgehead atoms. The summed E-state index contributed by atoms with van der Waals surface area (Å²) in [6.07, 6.45) is -1.21. The third kappa shape index (κ3) is 1.19. The van der Waals surface area contributed by atoms with Gasteiger partial charge in [0.15, 0.2) is 0 Å². The number of aliphatic hydroxyl groups excluding tert-OH is 3. The summed E-state index contributed by atoms with van der Waals surface area (Å²) < 4.78 is 0.